The van der Waals surface area contributed by atoms with Crippen molar-refractivity contribution in [3.05, 3.63) is 95.0 Å². The maximum atomic E-state index is 13.0. The highest BCUT2D eigenvalue weighted by Gasteiger charge is 2.16. The van der Waals surface area contributed by atoms with E-state index < -0.39 is 0 Å². The van der Waals surface area contributed by atoms with E-state index in [0.29, 0.717) is 10.6 Å². The van der Waals surface area contributed by atoms with Gasteiger partial charge in [-0.1, -0.05) is 66.2 Å². The van der Waals surface area contributed by atoms with Crippen molar-refractivity contribution < 1.29 is 4.79 Å². The summed E-state index contributed by atoms with van der Waals surface area (Å²) < 4.78 is 0. The molecule has 3 rings (SSSR count). The quantitative estimate of drug-likeness (QED) is 0.511. The molecular formula is C24H26Cl2N2O. The van der Waals surface area contributed by atoms with E-state index in [1.165, 1.54) is 0 Å². The van der Waals surface area contributed by atoms with Gasteiger partial charge in [-0.25, -0.2) is 0 Å². The average Bonchev–Trinajstić information content (AvgIpc) is 2.72. The van der Waals surface area contributed by atoms with Crippen molar-refractivity contribution in [1.82, 2.24) is 10.2 Å². The van der Waals surface area contributed by atoms with Crippen LogP contribution in [0.25, 0.3) is 11.1 Å². The Kier molecular flexibility index (Phi) is 8.71. The van der Waals surface area contributed by atoms with Gasteiger partial charge in [0, 0.05) is 10.6 Å². The van der Waals surface area contributed by atoms with Crippen molar-refractivity contribution in [3.8, 4) is 11.1 Å². The molecule has 0 radical (unpaired) electrons. The van der Waals surface area contributed by atoms with Gasteiger partial charge in [0.25, 0.3) is 5.91 Å². The summed E-state index contributed by atoms with van der Waals surface area (Å²) in [5, 5.41) is 3.89. The largest absolute Gasteiger partial charge is 0.345 e. The van der Waals surface area contributed by atoms with Gasteiger partial charge in [0.2, 0.25) is 0 Å². The lowest BCUT2D eigenvalue weighted by Gasteiger charge is -2.21. The Labute approximate surface area is 184 Å². The predicted octanol–water partition coefficient (Wildman–Crippen LogP) is 5.85. The monoisotopic (exact) mass is 428 g/mol. The minimum Gasteiger partial charge on any atom is -0.345 e. The number of halogens is 2. The molecule has 1 amide bonds. The number of benzene rings is 3. The van der Waals surface area contributed by atoms with Crippen LogP contribution in [0.2, 0.25) is 5.02 Å². The zero-order chi connectivity index (χ0) is 19.9. The topological polar surface area (TPSA) is 32.3 Å². The van der Waals surface area contributed by atoms with Crippen LogP contribution in [0.15, 0.2) is 78.9 Å². The smallest absolute Gasteiger partial charge is 0.251 e. The van der Waals surface area contributed by atoms with E-state index in [0.717, 1.165) is 29.7 Å². The van der Waals surface area contributed by atoms with Crippen LogP contribution in [0, 0.1) is 0 Å². The normalized spacial score (nSPS) is 11.6. The summed E-state index contributed by atoms with van der Waals surface area (Å²) in [6.07, 6.45) is 0.818. The Morgan fingerprint density at radius 3 is 2.24 bits per heavy atom. The zero-order valence-corrected chi connectivity index (χ0v) is 18.2. The Morgan fingerprint density at radius 2 is 1.59 bits per heavy atom. The summed E-state index contributed by atoms with van der Waals surface area (Å²) >= 11 is 6.03. The second-order valence-electron chi connectivity index (χ2n) is 7.12. The molecule has 0 saturated heterocycles. The molecule has 5 heteroatoms. The highest BCUT2D eigenvalue weighted by Crippen LogP contribution is 2.23. The van der Waals surface area contributed by atoms with Crippen LogP contribution >= 0.6 is 24.0 Å². The van der Waals surface area contributed by atoms with Gasteiger partial charge in [0.05, 0.1) is 6.04 Å². The molecule has 0 saturated carbocycles. The molecule has 0 aliphatic rings. The third-order valence-corrected chi connectivity index (χ3v) is 4.93. The lowest BCUT2D eigenvalue weighted by atomic mass is 10.0. The Balaban J connectivity index is 0.00000300. The van der Waals surface area contributed by atoms with Gasteiger partial charge in [-0.2, -0.15) is 0 Å². The van der Waals surface area contributed by atoms with E-state index in [-0.39, 0.29) is 24.4 Å². The maximum Gasteiger partial charge on any atom is 0.251 e. The van der Waals surface area contributed by atoms with Crippen molar-refractivity contribution in [2.45, 2.75) is 12.5 Å². The van der Waals surface area contributed by atoms with Crippen molar-refractivity contribution >= 4 is 29.9 Å². The molecule has 1 N–H and O–H groups in total. The molecule has 0 aliphatic heterocycles. The van der Waals surface area contributed by atoms with Gasteiger partial charge in [-0.05, 0) is 68.0 Å². The van der Waals surface area contributed by atoms with Gasteiger partial charge in [-0.15, -0.1) is 12.4 Å². The van der Waals surface area contributed by atoms with Crippen LogP contribution in [0.5, 0.6) is 0 Å². The van der Waals surface area contributed by atoms with Crippen molar-refractivity contribution in [2.75, 3.05) is 20.6 Å². The third kappa shape index (κ3) is 6.60. The number of carbonyl (C=O) groups is 1. The fourth-order valence-corrected chi connectivity index (χ4v) is 3.24. The van der Waals surface area contributed by atoms with E-state index >= 15 is 0 Å². The van der Waals surface area contributed by atoms with Crippen LogP contribution < -0.4 is 5.32 Å². The summed E-state index contributed by atoms with van der Waals surface area (Å²) in [7, 11) is 4.06. The highest BCUT2D eigenvalue weighted by molar-refractivity contribution is 6.30. The second kappa shape index (κ2) is 11.0. The summed E-state index contributed by atoms with van der Waals surface area (Å²) in [6, 6.07) is 25.4. The van der Waals surface area contributed by atoms with Gasteiger partial charge < -0.3 is 10.2 Å². The van der Waals surface area contributed by atoms with Crippen LogP contribution in [-0.2, 0) is 0 Å². The molecule has 3 aromatic carbocycles. The number of nitrogens with zero attached hydrogens (tertiary/aromatic N) is 1. The van der Waals surface area contributed by atoms with Crippen molar-refractivity contribution in [2.24, 2.45) is 0 Å². The van der Waals surface area contributed by atoms with Crippen LogP contribution in [0.3, 0.4) is 0 Å². The zero-order valence-electron chi connectivity index (χ0n) is 16.6. The number of carbonyl (C=O) groups excluding carboxylic acids is 1. The van der Waals surface area contributed by atoms with Crippen LogP contribution in [-0.4, -0.2) is 31.4 Å². The molecule has 0 fully saturated rings. The van der Waals surface area contributed by atoms with Crippen LogP contribution in [0.1, 0.15) is 28.4 Å². The van der Waals surface area contributed by atoms with E-state index in [2.05, 4.69) is 10.2 Å². The molecule has 1 unspecified atom stereocenters. The molecule has 0 aliphatic carbocycles. The van der Waals surface area contributed by atoms with Gasteiger partial charge in [0.15, 0.2) is 0 Å². The summed E-state index contributed by atoms with van der Waals surface area (Å²) in [6.45, 7) is 0.873. The summed E-state index contributed by atoms with van der Waals surface area (Å²) in [5.74, 6) is -0.0727. The van der Waals surface area contributed by atoms with E-state index in [4.69, 9.17) is 11.6 Å². The fourth-order valence-electron chi connectivity index (χ4n) is 3.12. The minimum absolute atomic E-state index is 0. The average molecular weight is 429 g/mol. The SMILES string of the molecule is CN(C)CCC(NC(=O)c1cccc(-c2ccccc2)c1)c1ccc(Cl)cc1.Cl. The third-order valence-electron chi connectivity index (χ3n) is 4.67. The van der Waals surface area contributed by atoms with E-state index in [9.17, 15) is 4.79 Å². The number of hydrogen-bond donors (Lipinski definition) is 1. The number of hydrogen-bond acceptors (Lipinski definition) is 2. The molecule has 0 aromatic heterocycles. The molecule has 3 aromatic rings. The first-order valence-electron chi connectivity index (χ1n) is 9.39. The molecule has 1 atom stereocenters. The highest BCUT2D eigenvalue weighted by atomic mass is 35.5. The Morgan fingerprint density at radius 1 is 0.931 bits per heavy atom. The molecular weight excluding hydrogens is 403 g/mol. The number of rotatable bonds is 7. The van der Waals surface area contributed by atoms with Crippen molar-refractivity contribution in [1.29, 1.82) is 0 Å². The number of amides is 1. The standard InChI is InChI=1S/C24H25ClN2O.ClH/c1-27(2)16-15-23(19-11-13-22(25)14-12-19)26-24(28)21-10-6-9-20(17-21)18-7-4-3-5-8-18;/h3-14,17,23H,15-16H2,1-2H3,(H,26,28);1H. The molecule has 0 spiro atoms. The molecule has 0 bridgehead atoms. The predicted molar refractivity (Wildman–Crippen MR) is 124 cm³/mol. The minimum atomic E-state index is -0.0763. The Hall–Kier alpha value is -2.33. The van der Waals surface area contributed by atoms with Gasteiger partial charge in [-0.3, -0.25) is 4.79 Å². The van der Waals surface area contributed by atoms with Gasteiger partial charge in [0.1, 0.15) is 0 Å². The first-order chi connectivity index (χ1) is 13.5. The van der Waals surface area contributed by atoms with Gasteiger partial charge >= 0.3 is 0 Å². The summed E-state index contributed by atoms with van der Waals surface area (Å²) in [4.78, 5) is 15.1. The first-order valence-corrected chi connectivity index (χ1v) is 9.77. The first kappa shape index (κ1) is 23.0. The van der Waals surface area contributed by atoms with Crippen LogP contribution in [0.4, 0.5) is 0 Å². The second-order valence-corrected chi connectivity index (χ2v) is 7.55. The molecule has 29 heavy (non-hydrogen) atoms. The Bertz CT molecular complexity index is 912. The maximum absolute atomic E-state index is 13.0. The van der Waals surface area contributed by atoms with E-state index in [1.807, 2.05) is 93.0 Å². The number of nitrogens with one attached hydrogen (secondary N) is 1. The molecule has 0 heterocycles. The summed E-state index contributed by atoms with van der Waals surface area (Å²) in [5.41, 5.74) is 3.84. The molecule has 152 valence electrons. The van der Waals surface area contributed by atoms with Crippen molar-refractivity contribution in [3.63, 3.8) is 0 Å². The van der Waals surface area contributed by atoms with E-state index in [1.54, 1.807) is 0 Å². The molecule has 3 nitrogen and oxygen atoms in total. The lowest BCUT2D eigenvalue weighted by Crippen LogP contribution is -2.31. The lowest BCUT2D eigenvalue weighted by molar-refractivity contribution is 0.0933. The fraction of sp³-hybridized carbons (Fsp3) is 0.208.